The van der Waals surface area contributed by atoms with Gasteiger partial charge in [0.2, 0.25) is 0 Å². The first kappa shape index (κ1) is 22.4. The van der Waals surface area contributed by atoms with Crippen LogP contribution in [0.25, 0.3) is 0 Å². The monoisotopic (exact) mass is 345 g/mol. The van der Waals surface area contributed by atoms with Crippen LogP contribution in [0.5, 0.6) is 0 Å². The molecule has 0 unspecified atom stereocenters. The van der Waals surface area contributed by atoms with Crippen LogP contribution in [-0.4, -0.2) is 11.9 Å². The standard InChI is InChI=1S/C4H6O4.2H3N.Pt/c1-2(3(5)6)4(7)8;;;/h2H,1H3,(H,5,6)(H,7,8);2*1H3;/q;;;+2/p-2. The Kier molecular flexibility index (Phi) is 19.5. The van der Waals surface area contributed by atoms with Crippen molar-refractivity contribution in [3.63, 3.8) is 0 Å². The molecule has 11 heavy (non-hydrogen) atoms. The van der Waals surface area contributed by atoms with Crippen LogP contribution in [0.15, 0.2) is 0 Å². The van der Waals surface area contributed by atoms with Crippen molar-refractivity contribution in [2.75, 3.05) is 0 Å². The van der Waals surface area contributed by atoms with Gasteiger partial charge in [-0.3, -0.25) is 0 Å². The molecule has 0 aromatic carbocycles. The predicted octanol–water partition coefficient (Wildman–Crippen LogP) is -2.56. The summed E-state index contributed by atoms with van der Waals surface area (Å²) in [5, 5.41) is 19.2. The Balaban J connectivity index is -0.0000000817. The second-order valence-electron chi connectivity index (χ2n) is 1.36. The molecule has 0 radical (unpaired) electrons. The summed E-state index contributed by atoms with van der Waals surface area (Å²) < 4.78 is 0. The molecule has 0 aliphatic heterocycles. The summed E-state index contributed by atoms with van der Waals surface area (Å²) in [5.41, 5.74) is 0. The summed E-state index contributed by atoms with van der Waals surface area (Å²) in [7, 11) is 0. The Labute approximate surface area is 78.4 Å². The van der Waals surface area contributed by atoms with Gasteiger partial charge in [-0.2, -0.15) is 0 Å². The summed E-state index contributed by atoms with van der Waals surface area (Å²) in [4.78, 5) is 19.2. The number of hydrogen-bond donors (Lipinski definition) is 2. The normalized spacial score (nSPS) is 6.73. The van der Waals surface area contributed by atoms with E-state index in [2.05, 4.69) is 0 Å². The fourth-order valence-corrected chi connectivity index (χ4v) is 0.0962. The van der Waals surface area contributed by atoms with Gasteiger partial charge >= 0.3 is 21.1 Å². The zero-order valence-corrected chi connectivity index (χ0v) is 8.21. The molecule has 0 aliphatic rings. The maximum absolute atomic E-state index is 9.61. The average Bonchev–Trinajstić information content (AvgIpc) is 1.64. The molecule has 7 heteroatoms. The molecule has 0 aromatic heterocycles. The molecule has 0 fully saturated rings. The van der Waals surface area contributed by atoms with Crippen LogP contribution in [0, 0.1) is 5.92 Å². The largest absolute Gasteiger partial charge is 2.00 e. The molecule has 0 saturated heterocycles. The van der Waals surface area contributed by atoms with Crippen LogP contribution in [0.1, 0.15) is 6.92 Å². The molecule has 6 N–H and O–H groups in total. The Morgan fingerprint density at radius 2 is 1.27 bits per heavy atom. The molecule has 0 aliphatic carbocycles. The molecule has 0 spiro atoms. The van der Waals surface area contributed by atoms with Gasteiger partial charge in [0.15, 0.2) is 0 Å². The van der Waals surface area contributed by atoms with Crippen LogP contribution >= 0.6 is 0 Å². The Morgan fingerprint density at radius 1 is 1.09 bits per heavy atom. The summed E-state index contributed by atoms with van der Waals surface area (Å²) in [6.45, 7) is 0.991. The number of aliphatic carboxylic acids is 2. The Morgan fingerprint density at radius 3 is 1.27 bits per heavy atom. The number of carboxylic acid groups (broad SMARTS) is 2. The van der Waals surface area contributed by atoms with E-state index >= 15 is 0 Å². The van der Waals surface area contributed by atoms with Gasteiger partial charge in [0.25, 0.3) is 0 Å². The first-order valence-electron chi connectivity index (χ1n) is 1.97. The van der Waals surface area contributed by atoms with Crippen LogP contribution in [0.4, 0.5) is 0 Å². The van der Waals surface area contributed by atoms with Gasteiger partial charge in [-0.15, -0.1) is 0 Å². The smallest absolute Gasteiger partial charge is 0.549 e. The summed E-state index contributed by atoms with van der Waals surface area (Å²) in [6, 6.07) is 0. The average molecular weight is 345 g/mol. The predicted molar refractivity (Wildman–Crippen MR) is 29.2 cm³/mol. The first-order valence-corrected chi connectivity index (χ1v) is 1.97. The van der Waals surface area contributed by atoms with Gasteiger partial charge in [0, 0.05) is 17.9 Å². The van der Waals surface area contributed by atoms with Gasteiger partial charge in [-0.1, -0.05) is 6.92 Å². The maximum atomic E-state index is 9.61. The third kappa shape index (κ3) is 9.55. The zero-order valence-electron chi connectivity index (χ0n) is 5.94. The van der Waals surface area contributed by atoms with E-state index in [4.69, 9.17) is 0 Å². The summed E-state index contributed by atoms with van der Waals surface area (Å²) >= 11 is 0. The number of hydrogen-bond acceptors (Lipinski definition) is 6. The second-order valence-corrected chi connectivity index (χ2v) is 1.36. The van der Waals surface area contributed by atoms with Crippen molar-refractivity contribution in [3.8, 4) is 0 Å². The van der Waals surface area contributed by atoms with Gasteiger partial charge in [0.05, 0.1) is 0 Å². The van der Waals surface area contributed by atoms with Gasteiger partial charge in [0.1, 0.15) is 0 Å². The fourth-order valence-electron chi connectivity index (χ4n) is 0.0962. The van der Waals surface area contributed by atoms with Crippen LogP contribution in [-0.2, 0) is 30.7 Å². The third-order valence-corrected chi connectivity index (χ3v) is 0.707. The van der Waals surface area contributed by atoms with Crippen molar-refractivity contribution in [3.05, 3.63) is 0 Å². The zero-order chi connectivity index (χ0) is 6.73. The first-order chi connectivity index (χ1) is 3.55. The molecule has 0 heterocycles. The van der Waals surface area contributed by atoms with Gasteiger partial charge in [-0.25, -0.2) is 0 Å². The number of carbonyl (C=O) groups is 2. The molecular weight excluding hydrogens is 335 g/mol. The van der Waals surface area contributed by atoms with Gasteiger partial charge < -0.3 is 32.1 Å². The number of carbonyl (C=O) groups excluding carboxylic acids is 2. The van der Waals surface area contributed by atoms with E-state index in [1.807, 2.05) is 0 Å². The molecule has 70 valence electrons. The minimum Gasteiger partial charge on any atom is -0.549 e. The third-order valence-electron chi connectivity index (χ3n) is 0.707. The van der Waals surface area contributed by atoms with Crippen LogP contribution < -0.4 is 22.5 Å². The minimum absolute atomic E-state index is 0. The van der Waals surface area contributed by atoms with Crippen molar-refractivity contribution in [2.24, 2.45) is 5.92 Å². The van der Waals surface area contributed by atoms with E-state index in [1.165, 1.54) is 0 Å². The van der Waals surface area contributed by atoms with Crippen molar-refractivity contribution in [1.82, 2.24) is 12.3 Å². The van der Waals surface area contributed by atoms with Crippen molar-refractivity contribution in [1.29, 1.82) is 0 Å². The summed E-state index contributed by atoms with van der Waals surface area (Å²) in [6.07, 6.45) is 0. The molecular formula is C4H10N2O4Pt. The topological polar surface area (TPSA) is 150 Å². The van der Waals surface area contributed by atoms with Crippen LogP contribution in [0.3, 0.4) is 0 Å². The molecule has 0 atom stereocenters. The van der Waals surface area contributed by atoms with E-state index < -0.39 is 17.9 Å². The number of carboxylic acids is 2. The molecule has 6 nitrogen and oxygen atoms in total. The fraction of sp³-hybridized carbons (Fsp3) is 0.500. The van der Waals surface area contributed by atoms with Crippen molar-refractivity contribution in [2.45, 2.75) is 6.92 Å². The molecule has 0 saturated carbocycles. The Bertz CT molecular complexity index is 115. The van der Waals surface area contributed by atoms with E-state index in [1.54, 1.807) is 0 Å². The quantitative estimate of drug-likeness (QED) is 0.526. The Hall–Kier alpha value is -0.452. The van der Waals surface area contributed by atoms with E-state index in [9.17, 15) is 19.8 Å². The summed E-state index contributed by atoms with van der Waals surface area (Å²) in [5.74, 6) is -4.76. The molecule has 0 aromatic rings. The van der Waals surface area contributed by atoms with Gasteiger partial charge in [-0.05, 0) is 0 Å². The second kappa shape index (κ2) is 9.55. The maximum Gasteiger partial charge on any atom is 2.00 e. The molecule has 0 bridgehead atoms. The number of rotatable bonds is 2. The SMILES string of the molecule is CC(C(=O)[O-])C(=O)[O-].N.N.[Pt+2]. The van der Waals surface area contributed by atoms with Crippen LogP contribution in [0.2, 0.25) is 0 Å². The van der Waals surface area contributed by atoms with Crippen molar-refractivity contribution < 1.29 is 40.9 Å². The van der Waals surface area contributed by atoms with Crippen molar-refractivity contribution >= 4 is 11.9 Å². The minimum atomic E-state index is -1.62. The van der Waals surface area contributed by atoms with E-state index in [0.29, 0.717) is 0 Å². The van der Waals surface area contributed by atoms with E-state index in [0.717, 1.165) is 6.92 Å². The molecule has 0 rings (SSSR count). The molecule has 0 amide bonds. The van der Waals surface area contributed by atoms with E-state index in [-0.39, 0.29) is 33.4 Å².